The topological polar surface area (TPSA) is 63.1 Å². The minimum absolute atomic E-state index is 0.0518. The largest absolute Gasteiger partial charge is 0.341 e. The van der Waals surface area contributed by atoms with Gasteiger partial charge in [0.1, 0.15) is 11.6 Å². The lowest BCUT2D eigenvalue weighted by Gasteiger charge is -2.34. The van der Waals surface area contributed by atoms with Crippen LogP contribution in [0.2, 0.25) is 0 Å². The number of hydrogen-bond donors (Lipinski definition) is 1. The molecule has 1 saturated carbocycles. The van der Waals surface area contributed by atoms with E-state index in [1.54, 1.807) is 0 Å². The Kier molecular flexibility index (Phi) is 4.03. The number of carbonyl (C=O) groups excluding carboxylic acids is 1. The molecular weight excluding hydrogens is 314 g/mol. The fraction of sp³-hybridized carbons (Fsp3) is 0.842. The number of nitrogens with one attached hydrogen (secondary N) is 1. The summed E-state index contributed by atoms with van der Waals surface area (Å²) in [5, 5.41) is 12.5. The Bertz CT molecular complexity index is 642. The van der Waals surface area contributed by atoms with Gasteiger partial charge in [-0.2, -0.15) is 0 Å². The average molecular weight is 343 g/mol. The van der Waals surface area contributed by atoms with Gasteiger partial charge in [0, 0.05) is 38.0 Å². The van der Waals surface area contributed by atoms with Crippen molar-refractivity contribution < 1.29 is 4.79 Å². The second kappa shape index (κ2) is 6.38. The first-order chi connectivity index (χ1) is 12.3. The van der Waals surface area contributed by atoms with Gasteiger partial charge in [0.2, 0.25) is 5.91 Å². The number of nitrogens with zero attached hydrogens (tertiary/aromatic N) is 4. The molecule has 0 bridgehead atoms. The van der Waals surface area contributed by atoms with Gasteiger partial charge in [0.05, 0.1) is 6.04 Å². The minimum atomic E-state index is 0.0518. The predicted molar refractivity (Wildman–Crippen MR) is 94.2 cm³/mol. The Morgan fingerprint density at radius 1 is 1.04 bits per heavy atom. The quantitative estimate of drug-likeness (QED) is 0.890. The van der Waals surface area contributed by atoms with Crippen molar-refractivity contribution in [1.29, 1.82) is 0 Å². The monoisotopic (exact) mass is 343 g/mol. The van der Waals surface area contributed by atoms with Crippen LogP contribution < -0.4 is 5.32 Å². The number of fused-ring (bicyclic) bond motifs is 2. The minimum Gasteiger partial charge on any atom is -0.341 e. The number of rotatable bonds is 2. The Balaban J connectivity index is 1.27. The van der Waals surface area contributed by atoms with E-state index in [0.717, 1.165) is 62.9 Å². The van der Waals surface area contributed by atoms with Gasteiger partial charge in [-0.05, 0) is 44.4 Å². The molecule has 1 aliphatic carbocycles. The SMILES string of the molecule is O=C([C@@H]1C[C@@H]2CCCC[C@H]2N1)N1CCC[C@H](c2nnc3n2CCC3)C1. The molecule has 1 amide bonds. The van der Waals surface area contributed by atoms with Gasteiger partial charge in [-0.1, -0.05) is 12.8 Å². The molecule has 0 radical (unpaired) electrons. The molecule has 6 nitrogen and oxygen atoms in total. The number of hydrogen-bond acceptors (Lipinski definition) is 4. The average Bonchev–Trinajstić information content (AvgIpc) is 3.35. The number of aromatic nitrogens is 3. The molecule has 25 heavy (non-hydrogen) atoms. The molecule has 0 aromatic carbocycles. The van der Waals surface area contributed by atoms with Gasteiger partial charge in [-0.25, -0.2) is 0 Å². The van der Waals surface area contributed by atoms with Crippen molar-refractivity contribution in [3.8, 4) is 0 Å². The van der Waals surface area contributed by atoms with Crippen molar-refractivity contribution >= 4 is 5.91 Å². The van der Waals surface area contributed by atoms with Crippen LogP contribution in [0.4, 0.5) is 0 Å². The van der Waals surface area contributed by atoms with Gasteiger partial charge in [-0.15, -0.1) is 10.2 Å². The molecule has 1 aromatic heterocycles. The standard InChI is InChI=1S/C19H29N5O/c25-19(16-11-13-5-1-2-7-15(13)20-16)23-9-3-6-14(12-23)18-22-21-17-8-4-10-24(17)18/h13-16,20H,1-12H2/t13-,14-,15+,16-/m0/s1. The molecule has 0 spiro atoms. The van der Waals surface area contributed by atoms with Gasteiger partial charge in [-0.3, -0.25) is 4.79 Å². The van der Waals surface area contributed by atoms with Gasteiger partial charge in [0.25, 0.3) is 0 Å². The molecule has 1 aromatic rings. The zero-order valence-corrected chi connectivity index (χ0v) is 15.0. The molecule has 2 saturated heterocycles. The number of carbonyl (C=O) groups is 1. The molecule has 4 heterocycles. The molecule has 4 atom stereocenters. The van der Waals surface area contributed by atoms with E-state index in [4.69, 9.17) is 0 Å². The van der Waals surface area contributed by atoms with Crippen LogP contribution in [0, 0.1) is 5.92 Å². The highest BCUT2D eigenvalue weighted by atomic mass is 16.2. The van der Waals surface area contributed by atoms with E-state index >= 15 is 0 Å². The Morgan fingerprint density at radius 2 is 1.96 bits per heavy atom. The summed E-state index contributed by atoms with van der Waals surface area (Å²) in [5.74, 6) is 3.68. The Hall–Kier alpha value is -1.43. The summed E-state index contributed by atoms with van der Waals surface area (Å²) in [6.45, 7) is 2.78. The van der Waals surface area contributed by atoms with Gasteiger partial charge in [0.15, 0.2) is 0 Å². The van der Waals surface area contributed by atoms with E-state index in [1.807, 2.05) is 0 Å². The molecule has 4 aliphatic rings. The third-order valence-electron chi connectivity index (χ3n) is 6.90. The van der Waals surface area contributed by atoms with Crippen LogP contribution in [0.15, 0.2) is 0 Å². The van der Waals surface area contributed by atoms with Crippen molar-refractivity contribution in [3.05, 3.63) is 11.6 Å². The summed E-state index contributed by atoms with van der Waals surface area (Å²) in [6, 6.07) is 0.638. The molecule has 3 aliphatic heterocycles. The first-order valence-corrected chi connectivity index (χ1v) is 10.3. The van der Waals surface area contributed by atoms with E-state index < -0.39 is 0 Å². The molecule has 0 unspecified atom stereocenters. The Morgan fingerprint density at radius 3 is 2.88 bits per heavy atom. The van der Waals surface area contributed by atoms with Crippen LogP contribution >= 0.6 is 0 Å². The molecule has 6 heteroatoms. The van der Waals surface area contributed by atoms with Crippen molar-refractivity contribution in [2.24, 2.45) is 5.92 Å². The van der Waals surface area contributed by atoms with E-state index in [0.29, 0.717) is 17.9 Å². The first-order valence-electron chi connectivity index (χ1n) is 10.3. The number of likely N-dealkylation sites (tertiary alicyclic amines) is 1. The third-order valence-corrected chi connectivity index (χ3v) is 6.90. The summed E-state index contributed by atoms with van der Waals surface area (Å²) in [7, 11) is 0. The van der Waals surface area contributed by atoms with Crippen LogP contribution in [-0.2, 0) is 17.8 Å². The normalized spacial score (nSPS) is 34.8. The van der Waals surface area contributed by atoms with Crippen LogP contribution in [0.25, 0.3) is 0 Å². The van der Waals surface area contributed by atoms with Gasteiger partial charge < -0.3 is 14.8 Å². The summed E-state index contributed by atoms with van der Waals surface area (Å²) >= 11 is 0. The second-order valence-electron chi connectivity index (χ2n) is 8.46. The predicted octanol–water partition coefficient (Wildman–Crippen LogP) is 1.85. The van der Waals surface area contributed by atoms with Crippen molar-refractivity contribution in [3.63, 3.8) is 0 Å². The van der Waals surface area contributed by atoms with Crippen LogP contribution in [0.1, 0.15) is 68.9 Å². The molecule has 1 N–H and O–H groups in total. The highest BCUT2D eigenvalue weighted by molar-refractivity contribution is 5.82. The highest BCUT2D eigenvalue weighted by Crippen LogP contribution is 2.35. The third kappa shape index (κ3) is 2.78. The smallest absolute Gasteiger partial charge is 0.239 e. The first kappa shape index (κ1) is 15.8. The van der Waals surface area contributed by atoms with Crippen LogP contribution in [0.5, 0.6) is 0 Å². The maximum absolute atomic E-state index is 13.1. The zero-order chi connectivity index (χ0) is 16.8. The van der Waals surface area contributed by atoms with Crippen LogP contribution in [0.3, 0.4) is 0 Å². The molecule has 3 fully saturated rings. The van der Waals surface area contributed by atoms with E-state index in [-0.39, 0.29) is 6.04 Å². The highest BCUT2D eigenvalue weighted by Gasteiger charge is 2.41. The molecule has 5 rings (SSSR count). The second-order valence-corrected chi connectivity index (χ2v) is 8.46. The lowest BCUT2D eigenvalue weighted by Crippen LogP contribution is -2.48. The van der Waals surface area contributed by atoms with Crippen molar-refractivity contribution in [2.75, 3.05) is 13.1 Å². The van der Waals surface area contributed by atoms with E-state index in [1.165, 1.54) is 32.1 Å². The summed E-state index contributed by atoms with van der Waals surface area (Å²) in [4.78, 5) is 15.2. The van der Waals surface area contributed by atoms with E-state index in [2.05, 4.69) is 25.0 Å². The van der Waals surface area contributed by atoms with Crippen molar-refractivity contribution in [2.45, 2.75) is 82.3 Å². The Labute approximate surface area is 149 Å². The molecular formula is C19H29N5O. The summed E-state index contributed by atoms with van der Waals surface area (Å²) in [5.41, 5.74) is 0. The van der Waals surface area contributed by atoms with Crippen molar-refractivity contribution in [1.82, 2.24) is 25.0 Å². The number of piperidine rings is 1. The van der Waals surface area contributed by atoms with Crippen LogP contribution in [-0.4, -0.2) is 50.7 Å². The lowest BCUT2D eigenvalue weighted by atomic mass is 9.85. The zero-order valence-electron chi connectivity index (χ0n) is 15.0. The summed E-state index contributed by atoms with van der Waals surface area (Å²) < 4.78 is 2.31. The molecule has 136 valence electrons. The fourth-order valence-corrected chi connectivity index (χ4v) is 5.59. The lowest BCUT2D eigenvalue weighted by molar-refractivity contribution is -0.134. The maximum atomic E-state index is 13.1. The van der Waals surface area contributed by atoms with E-state index in [9.17, 15) is 4.79 Å². The number of amides is 1. The summed E-state index contributed by atoms with van der Waals surface area (Å²) in [6.07, 6.45) is 10.7. The van der Waals surface area contributed by atoms with Gasteiger partial charge >= 0.3 is 0 Å². The maximum Gasteiger partial charge on any atom is 0.239 e. The fourth-order valence-electron chi connectivity index (χ4n) is 5.59. The number of aryl methyl sites for hydroxylation is 1.